The number of unbranched alkanes of at least 4 members (excludes halogenated alkanes) is 31. The highest BCUT2D eigenvalue weighted by atomic mass is 16.5. The molecule has 43 heavy (non-hydrogen) atoms. The van der Waals surface area contributed by atoms with E-state index in [1.54, 1.807) is 6.08 Å². The van der Waals surface area contributed by atoms with Crippen LogP contribution >= 0.6 is 0 Å². The van der Waals surface area contributed by atoms with Crippen LogP contribution in [-0.4, -0.2) is 12.6 Å². The minimum Gasteiger partial charge on any atom is -0.463 e. The number of hydrogen-bond acceptors (Lipinski definition) is 2. The number of allylic oxidation sites excluding steroid dienone is 3. The Bertz CT molecular complexity index is 578. The van der Waals surface area contributed by atoms with E-state index in [0.717, 1.165) is 12.8 Å². The van der Waals surface area contributed by atoms with Gasteiger partial charge in [-0.2, -0.15) is 0 Å². The maximum Gasteiger partial charge on any atom is 0.330 e. The molecule has 0 saturated carbocycles. The molecule has 0 aromatic heterocycles. The maximum absolute atomic E-state index is 11.9. The molecule has 0 aromatic rings. The molecule has 0 rings (SSSR count). The minimum absolute atomic E-state index is 0.201. The van der Waals surface area contributed by atoms with Crippen LogP contribution in [0.15, 0.2) is 24.3 Å². The van der Waals surface area contributed by atoms with Crippen molar-refractivity contribution in [2.24, 2.45) is 0 Å². The Hall–Kier alpha value is -1.05. The summed E-state index contributed by atoms with van der Waals surface area (Å²) in [4.78, 5) is 11.9. The first-order valence-electron chi connectivity index (χ1n) is 19.8. The molecule has 0 fully saturated rings. The first-order valence-corrected chi connectivity index (χ1v) is 19.8. The van der Waals surface area contributed by atoms with Gasteiger partial charge in [0.15, 0.2) is 0 Å². The van der Waals surface area contributed by atoms with E-state index in [9.17, 15) is 4.79 Å². The Morgan fingerprint density at radius 3 is 1.05 bits per heavy atom. The van der Waals surface area contributed by atoms with Crippen molar-refractivity contribution in [3.63, 3.8) is 0 Å². The summed E-state index contributed by atoms with van der Waals surface area (Å²) in [6.07, 6.45) is 53.0. The van der Waals surface area contributed by atoms with Crippen molar-refractivity contribution in [1.29, 1.82) is 0 Å². The van der Waals surface area contributed by atoms with Crippen molar-refractivity contribution < 1.29 is 9.53 Å². The molecule has 0 N–H and O–H groups in total. The molecule has 0 saturated heterocycles. The normalized spacial score (nSPS) is 11.8. The quantitative estimate of drug-likeness (QED) is 0.0308. The maximum atomic E-state index is 11.9. The van der Waals surface area contributed by atoms with Gasteiger partial charge < -0.3 is 4.74 Å². The predicted octanol–water partition coefficient (Wildman–Crippen LogP) is 14.6. The highest BCUT2D eigenvalue weighted by Gasteiger charge is 1.98. The Morgan fingerprint density at radius 2 is 0.698 bits per heavy atom. The van der Waals surface area contributed by atoms with Gasteiger partial charge in [-0.05, 0) is 19.3 Å². The van der Waals surface area contributed by atoms with Crippen molar-refractivity contribution >= 4 is 5.97 Å². The molecule has 0 unspecified atom stereocenters. The number of rotatable bonds is 36. The Balaban J connectivity index is 3.26. The van der Waals surface area contributed by atoms with Crippen LogP contribution in [0.4, 0.5) is 0 Å². The second kappa shape index (κ2) is 39.0. The van der Waals surface area contributed by atoms with Crippen molar-refractivity contribution in [3.05, 3.63) is 24.3 Å². The molecule has 2 heteroatoms. The lowest BCUT2D eigenvalue weighted by molar-refractivity contribution is -0.137. The molecule has 0 aliphatic carbocycles. The van der Waals surface area contributed by atoms with Gasteiger partial charge >= 0.3 is 5.97 Å². The fraction of sp³-hybridized carbons (Fsp3) is 0.878. The summed E-state index contributed by atoms with van der Waals surface area (Å²) in [5, 5.41) is 0. The molecule has 0 aliphatic rings. The highest BCUT2D eigenvalue weighted by Crippen LogP contribution is 2.15. The number of carbonyl (C=O) groups is 1. The van der Waals surface area contributed by atoms with Crippen LogP contribution < -0.4 is 0 Å². The highest BCUT2D eigenvalue weighted by molar-refractivity contribution is 5.82. The van der Waals surface area contributed by atoms with E-state index in [4.69, 9.17) is 4.74 Å². The summed E-state index contributed by atoms with van der Waals surface area (Å²) < 4.78 is 5.34. The smallest absolute Gasteiger partial charge is 0.330 e. The van der Waals surface area contributed by atoms with Gasteiger partial charge in [-0.15, -0.1) is 0 Å². The lowest BCUT2D eigenvalue weighted by atomic mass is 10.0. The van der Waals surface area contributed by atoms with Crippen LogP contribution in [0.2, 0.25) is 0 Å². The summed E-state index contributed by atoms with van der Waals surface area (Å²) in [5.41, 5.74) is 0. The Kier molecular flexibility index (Phi) is 38.0. The van der Waals surface area contributed by atoms with Crippen LogP contribution in [0.5, 0.6) is 0 Å². The van der Waals surface area contributed by atoms with Gasteiger partial charge in [0.1, 0.15) is 0 Å². The third kappa shape index (κ3) is 38.9. The second-order valence-corrected chi connectivity index (χ2v) is 13.4. The summed E-state index contributed by atoms with van der Waals surface area (Å²) in [5.74, 6) is -0.201. The van der Waals surface area contributed by atoms with E-state index in [0.29, 0.717) is 6.61 Å². The molecule has 0 aliphatic heterocycles. The van der Waals surface area contributed by atoms with Crippen molar-refractivity contribution in [1.82, 2.24) is 0 Å². The fourth-order valence-corrected chi connectivity index (χ4v) is 5.99. The van der Waals surface area contributed by atoms with E-state index in [-0.39, 0.29) is 5.97 Å². The molecule has 0 heterocycles. The zero-order valence-corrected chi connectivity index (χ0v) is 29.7. The zero-order chi connectivity index (χ0) is 31.2. The zero-order valence-electron chi connectivity index (χ0n) is 29.7. The largest absolute Gasteiger partial charge is 0.463 e. The van der Waals surface area contributed by atoms with Crippen molar-refractivity contribution in [2.45, 2.75) is 226 Å². The van der Waals surface area contributed by atoms with E-state index < -0.39 is 0 Å². The van der Waals surface area contributed by atoms with Gasteiger partial charge in [0.05, 0.1) is 6.61 Å². The van der Waals surface area contributed by atoms with Gasteiger partial charge in [0.2, 0.25) is 0 Å². The molecule has 0 spiro atoms. The summed E-state index contributed by atoms with van der Waals surface area (Å²) in [6, 6.07) is 0. The number of carbonyl (C=O) groups excluding carboxylic acids is 1. The van der Waals surface area contributed by atoms with E-state index in [2.05, 4.69) is 19.9 Å². The average molecular weight is 603 g/mol. The van der Waals surface area contributed by atoms with E-state index >= 15 is 0 Å². The van der Waals surface area contributed by atoms with Gasteiger partial charge in [-0.3, -0.25) is 0 Å². The van der Waals surface area contributed by atoms with Crippen LogP contribution in [-0.2, 0) is 9.53 Å². The summed E-state index contributed by atoms with van der Waals surface area (Å²) in [6.45, 7) is 5.14. The van der Waals surface area contributed by atoms with Crippen molar-refractivity contribution in [3.8, 4) is 0 Å². The van der Waals surface area contributed by atoms with Gasteiger partial charge in [-0.25, -0.2) is 4.79 Å². The lowest BCUT2D eigenvalue weighted by Gasteiger charge is -2.04. The SMILES string of the molecule is CCCCCCCCCCCCCCCC=CC=CC(=O)OCCCCCCCCCCCCCCCCCCCCC. The summed E-state index contributed by atoms with van der Waals surface area (Å²) >= 11 is 0. The van der Waals surface area contributed by atoms with Gasteiger partial charge in [0, 0.05) is 6.08 Å². The second-order valence-electron chi connectivity index (χ2n) is 13.4. The van der Waals surface area contributed by atoms with E-state index in [1.807, 2.05) is 12.2 Å². The fourth-order valence-electron chi connectivity index (χ4n) is 5.99. The first kappa shape index (κ1) is 42.0. The monoisotopic (exact) mass is 603 g/mol. The topological polar surface area (TPSA) is 26.3 Å². The molecule has 0 amide bonds. The van der Waals surface area contributed by atoms with Crippen LogP contribution in [0.1, 0.15) is 226 Å². The van der Waals surface area contributed by atoms with Crippen molar-refractivity contribution in [2.75, 3.05) is 6.61 Å². The van der Waals surface area contributed by atoms with Crippen LogP contribution in [0, 0.1) is 0 Å². The predicted molar refractivity (Wildman–Crippen MR) is 193 cm³/mol. The molecule has 0 radical (unpaired) electrons. The average Bonchev–Trinajstić information content (AvgIpc) is 3.01. The number of hydrogen-bond donors (Lipinski definition) is 0. The van der Waals surface area contributed by atoms with E-state index in [1.165, 1.54) is 199 Å². The number of ether oxygens (including phenoxy) is 1. The minimum atomic E-state index is -0.201. The Morgan fingerprint density at radius 1 is 0.395 bits per heavy atom. The lowest BCUT2D eigenvalue weighted by Crippen LogP contribution is -2.02. The standard InChI is InChI=1S/C41H78O2/c1-3-5-7-9-11-13-15-17-19-21-22-24-26-28-30-32-34-36-38-40-43-41(42)39-37-35-33-31-29-27-25-23-20-18-16-14-12-10-8-6-4-2/h33,35,37,39H,3-32,34,36,38,40H2,1-2H3. The Labute approximate surface area is 271 Å². The molecule has 0 bridgehead atoms. The number of esters is 1. The molecule has 0 aromatic carbocycles. The molecule has 0 atom stereocenters. The van der Waals surface area contributed by atoms with Crippen LogP contribution in [0.25, 0.3) is 0 Å². The summed E-state index contributed by atoms with van der Waals surface area (Å²) in [7, 11) is 0. The third-order valence-electron chi connectivity index (χ3n) is 8.95. The first-order chi connectivity index (χ1) is 21.3. The third-order valence-corrected chi connectivity index (χ3v) is 8.95. The molecule has 254 valence electrons. The molecular weight excluding hydrogens is 524 g/mol. The molecule has 2 nitrogen and oxygen atoms in total. The van der Waals surface area contributed by atoms with Gasteiger partial charge in [-0.1, -0.05) is 225 Å². The molecular formula is C41H78O2. The van der Waals surface area contributed by atoms with Crippen LogP contribution in [0.3, 0.4) is 0 Å². The van der Waals surface area contributed by atoms with Gasteiger partial charge in [0.25, 0.3) is 0 Å².